The summed E-state index contributed by atoms with van der Waals surface area (Å²) < 4.78 is 5.87. The lowest BCUT2D eigenvalue weighted by Crippen LogP contribution is -2.30. The summed E-state index contributed by atoms with van der Waals surface area (Å²) >= 11 is 1.67. The minimum Gasteiger partial charge on any atom is -0.481 e. The van der Waals surface area contributed by atoms with Crippen LogP contribution in [0.1, 0.15) is 23.6 Å². The molecule has 0 saturated heterocycles. The summed E-state index contributed by atoms with van der Waals surface area (Å²) in [5, 5.41) is 6.14. The van der Waals surface area contributed by atoms with E-state index in [1.807, 2.05) is 56.3 Å². The minimum absolute atomic E-state index is 0.168. The van der Waals surface area contributed by atoms with Crippen molar-refractivity contribution in [3.05, 3.63) is 64.6 Å². The van der Waals surface area contributed by atoms with Crippen LogP contribution in [0.15, 0.2) is 52.9 Å². The lowest BCUT2D eigenvalue weighted by molar-refractivity contribution is -0.122. The van der Waals surface area contributed by atoms with Crippen molar-refractivity contribution in [1.82, 2.24) is 4.90 Å². The number of aryl methyl sites for hydroxylation is 1. The molecule has 0 radical (unpaired) electrons. The largest absolute Gasteiger partial charge is 0.481 e. The van der Waals surface area contributed by atoms with Crippen molar-refractivity contribution >= 4 is 34.2 Å². The summed E-state index contributed by atoms with van der Waals surface area (Å²) in [6.07, 6.45) is -0.586. The van der Waals surface area contributed by atoms with Crippen LogP contribution in [0.3, 0.4) is 0 Å². The number of hydrogen-bond acceptors (Lipinski definition) is 5. The van der Waals surface area contributed by atoms with Crippen molar-refractivity contribution in [2.24, 2.45) is 4.99 Å². The Labute approximate surface area is 169 Å². The quantitative estimate of drug-likeness (QED) is 0.817. The van der Waals surface area contributed by atoms with Gasteiger partial charge in [0.25, 0.3) is 5.91 Å². The number of amides is 1. The van der Waals surface area contributed by atoms with Gasteiger partial charge in [0, 0.05) is 17.6 Å². The Hall–Kier alpha value is -2.73. The summed E-state index contributed by atoms with van der Waals surface area (Å²) in [6, 6.07) is 13.8. The lowest BCUT2D eigenvalue weighted by atomic mass is 10.1. The van der Waals surface area contributed by atoms with Crippen molar-refractivity contribution in [3.8, 4) is 5.75 Å². The molecule has 2 aromatic rings. The predicted molar refractivity (Wildman–Crippen MR) is 116 cm³/mol. The molecule has 1 atom stereocenters. The molecule has 4 rings (SSSR count). The molecule has 1 amide bonds. The Balaban J connectivity index is 1.39. The molecule has 6 heteroatoms. The number of nitrogens with zero attached hydrogens (tertiary/aromatic N) is 2. The van der Waals surface area contributed by atoms with Crippen molar-refractivity contribution < 1.29 is 9.53 Å². The second kappa shape index (κ2) is 7.72. The molecule has 2 aliphatic heterocycles. The van der Waals surface area contributed by atoms with Gasteiger partial charge in [-0.05, 0) is 55.7 Å². The third kappa shape index (κ3) is 3.64. The number of benzene rings is 2. The van der Waals surface area contributed by atoms with Crippen LogP contribution < -0.4 is 10.1 Å². The van der Waals surface area contributed by atoms with Crippen molar-refractivity contribution in [1.29, 1.82) is 0 Å². The van der Waals surface area contributed by atoms with E-state index in [2.05, 4.69) is 20.6 Å². The molecule has 144 valence electrons. The van der Waals surface area contributed by atoms with E-state index in [0.29, 0.717) is 0 Å². The number of anilines is 1. The first-order valence-electron chi connectivity index (χ1n) is 9.36. The minimum atomic E-state index is -0.586. The summed E-state index contributed by atoms with van der Waals surface area (Å²) in [5.74, 6) is 0.574. The van der Waals surface area contributed by atoms with Gasteiger partial charge < -0.3 is 15.0 Å². The van der Waals surface area contributed by atoms with Crippen molar-refractivity contribution in [3.63, 3.8) is 0 Å². The van der Waals surface area contributed by atoms with Crippen LogP contribution in [0.4, 0.5) is 5.69 Å². The Kier molecular flexibility index (Phi) is 5.13. The average molecular weight is 394 g/mol. The highest BCUT2D eigenvalue weighted by atomic mass is 32.2. The van der Waals surface area contributed by atoms with Crippen molar-refractivity contribution in [2.45, 2.75) is 26.9 Å². The first-order valence-corrected chi connectivity index (χ1v) is 10.2. The highest BCUT2D eigenvalue weighted by molar-refractivity contribution is 8.16. The number of rotatable bonds is 5. The van der Waals surface area contributed by atoms with Gasteiger partial charge in [-0.15, -0.1) is 0 Å². The van der Waals surface area contributed by atoms with E-state index in [1.165, 1.54) is 5.70 Å². The maximum Gasteiger partial charge on any atom is 0.265 e. The zero-order chi connectivity index (χ0) is 19.7. The van der Waals surface area contributed by atoms with Gasteiger partial charge in [-0.2, -0.15) is 0 Å². The van der Waals surface area contributed by atoms with Crippen LogP contribution in [0.25, 0.3) is 5.70 Å². The van der Waals surface area contributed by atoms with Gasteiger partial charge >= 0.3 is 0 Å². The second-order valence-corrected chi connectivity index (χ2v) is 7.80. The maximum atomic E-state index is 12.5. The Morgan fingerprint density at radius 2 is 2.00 bits per heavy atom. The molecule has 2 heterocycles. The number of hydrogen-bond donors (Lipinski definition) is 1. The summed E-state index contributed by atoms with van der Waals surface area (Å²) in [5.41, 5.74) is 5.25. The van der Waals surface area contributed by atoms with E-state index in [0.717, 1.165) is 46.4 Å². The van der Waals surface area contributed by atoms with E-state index in [1.54, 1.807) is 18.7 Å². The fourth-order valence-electron chi connectivity index (χ4n) is 3.21. The number of aliphatic imine (C=N–C) groups is 1. The molecule has 28 heavy (non-hydrogen) atoms. The van der Waals surface area contributed by atoms with E-state index in [-0.39, 0.29) is 5.91 Å². The smallest absolute Gasteiger partial charge is 0.265 e. The fraction of sp³-hybridized carbons (Fsp3) is 0.273. The van der Waals surface area contributed by atoms with Gasteiger partial charge in [0.15, 0.2) is 11.3 Å². The Morgan fingerprint density at radius 3 is 2.79 bits per heavy atom. The number of thioether (sulfide) groups is 1. The van der Waals surface area contributed by atoms with E-state index in [4.69, 9.17) is 4.74 Å². The molecule has 1 unspecified atom stereocenters. The standard InChI is InChI=1S/C22H23N3O2S/c1-14-5-4-6-20(15(14)2)27-16(3)21(26)24-18-9-7-17(8-10-18)19-13-28-22-23-11-12-25(19)22/h4-10,13,16H,11-12H2,1-3H3,(H,24,26). The molecule has 2 aliphatic rings. The number of amidine groups is 1. The number of nitrogens with one attached hydrogen (secondary N) is 1. The summed E-state index contributed by atoms with van der Waals surface area (Å²) in [6.45, 7) is 7.58. The third-order valence-electron chi connectivity index (χ3n) is 5.04. The van der Waals surface area contributed by atoms with Gasteiger partial charge in [0.05, 0.1) is 12.2 Å². The maximum absolute atomic E-state index is 12.5. The van der Waals surface area contributed by atoms with Gasteiger partial charge in [0.2, 0.25) is 0 Å². The summed E-state index contributed by atoms with van der Waals surface area (Å²) in [7, 11) is 0. The molecule has 0 saturated carbocycles. The van der Waals surface area contributed by atoms with Gasteiger partial charge in [-0.25, -0.2) is 0 Å². The van der Waals surface area contributed by atoms with Gasteiger partial charge in [0.1, 0.15) is 5.75 Å². The summed E-state index contributed by atoms with van der Waals surface area (Å²) in [4.78, 5) is 19.2. The van der Waals surface area contributed by atoms with Gasteiger partial charge in [-0.3, -0.25) is 9.79 Å². The molecule has 2 aromatic carbocycles. The Morgan fingerprint density at radius 1 is 1.21 bits per heavy atom. The number of carbonyl (C=O) groups is 1. The fourth-order valence-corrected chi connectivity index (χ4v) is 4.17. The zero-order valence-electron chi connectivity index (χ0n) is 16.2. The number of ether oxygens (including phenoxy) is 1. The highest BCUT2D eigenvalue weighted by Crippen LogP contribution is 2.35. The first kappa shape index (κ1) is 18.6. The lowest BCUT2D eigenvalue weighted by Gasteiger charge is -2.18. The van der Waals surface area contributed by atoms with Crippen LogP contribution in [0.5, 0.6) is 5.75 Å². The second-order valence-electron chi connectivity index (χ2n) is 6.96. The van der Waals surface area contributed by atoms with Crippen LogP contribution in [0.2, 0.25) is 0 Å². The van der Waals surface area contributed by atoms with Gasteiger partial charge in [-0.1, -0.05) is 36.0 Å². The van der Waals surface area contributed by atoms with Crippen LogP contribution >= 0.6 is 11.8 Å². The normalized spacial score (nSPS) is 16.3. The highest BCUT2D eigenvalue weighted by Gasteiger charge is 2.27. The molecular weight excluding hydrogens is 370 g/mol. The monoisotopic (exact) mass is 393 g/mol. The third-order valence-corrected chi connectivity index (χ3v) is 5.95. The van der Waals surface area contributed by atoms with Crippen LogP contribution in [0, 0.1) is 13.8 Å². The number of fused-ring (bicyclic) bond motifs is 1. The van der Waals surface area contributed by atoms with Crippen LogP contribution in [-0.2, 0) is 4.79 Å². The first-order chi connectivity index (χ1) is 13.5. The molecule has 1 N–H and O–H groups in total. The van der Waals surface area contributed by atoms with Crippen molar-refractivity contribution in [2.75, 3.05) is 18.4 Å². The van der Waals surface area contributed by atoms with Crippen LogP contribution in [-0.4, -0.2) is 35.2 Å². The molecule has 0 aromatic heterocycles. The molecule has 0 aliphatic carbocycles. The van der Waals surface area contributed by atoms with E-state index < -0.39 is 6.10 Å². The molecule has 0 bridgehead atoms. The molecular formula is C22H23N3O2S. The zero-order valence-corrected chi connectivity index (χ0v) is 17.0. The number of carbonyl (C=O) groups excluding carboxylic acids is 1. The predicted octanol–water partition coefficient (Wildman–Crippen LogP) is 4.43. The van der Waals surface area contributed by atoms with E-state index in [9.17, 15) is 4.79 Å². The molecule has 0 spiro atoms. The Bertz CT molecular complexity index is 966. The SMILES string of the molecule is Cc1cccc(OC(C)C(=O)Nc2ccc(C3=CSC4=NCCN34)cc2)c1C. The average Bonchev–Trinajstić information content (AvgIpc) is 3.30. The molecule has 5 nitrogen and oxygen atoms in total. The molecule has 0 fully saturated rings. The topological polar surface area (TPSA) is 53.9 Å². The van der Waals surface area contributed by atoms with E-state index >= 15 is 0 Å².